The average molecular weight is 209 g/mol. The van der Waals surface area contributed by atoms with Crippen molar-refractivity contribution in [1.29, 1.82) is 0 Å². The monoisotopic (exact) mass is 209 g/mol. The van der Waals surface area contributed by atoms with Crippen LogP contribution in [-0.2, 0) is 13.2 Å². The Bertz CT molecular complexity index is 382. The molecule has 0 aliphatic carbocycles. The Morgan fingerprint density at radius 3 is 2.47 bits per heavy atom. The van der Waals surface area contributed by atoms with Crippen LogP contribution in [0.25, 0.3) is 6.08 Å². The molecule has 3 N–H and O–H groups in total. The van der Waals surface area contributed by atoms with Crippen molar-refractivity contribution >= 4 is 6.08 Å². The third-order valence-corrected chi connectivity index (χ3v) is 2.03. The molecule has 0 radical (unpaired) electrons. The molecule has 0 aromatic carbocycles. The number of hydrogen-bond acceptors (Lipinski definition) is 4. The maximum absolute atomic E-state index is 9.77. The number of pyridine rings is 1. The standard InChI is InChI=1S/C11H15NO3/c1-7(2)3-10-11(15)9(6-14)8(5-13)4-12-10/h3-4,13-15H,5-6H2,1-2H3. The summed E-state index contributed by atoms with van der Waals surface area (Å²) in [4.78, 5) is 4.00. The van der Waals surface area contributed by atoms with E-state index in [2.05, 4.69) is 4.98 Å². The third-order valence-electron chi connectivity index (χ3n) is 2.03. The van der Waals surface area contributed by atoms with Gasteiger partial charge in [0.1, 0.15) is 11.4 Å². The van der Waals surface area contributed by atoms with Gasteiger partial charge in [-0.05, 0) is 19.9 Å². The van der Waals surface area contributed by atoms with E-state index in [4.69, 9.17) is 10.2 Å². The maximum Gasteiger partial charge on any atom is 0.147 e. The second-order valence-corrected chi connectivity index (χ2v) is 3.53. The highest BCUT2D eigenvalue weighted by molar-refractivity contribution is 5.58. The van der Waals surface area contributed by atoms with Gasteiger partial charge in [-0.2, -0.15) is 0 Å². The van der Waals surface area contributed by atoms with Crippen molar-refractivity contribution in [3.63, 3.8) is 0 Å². The second kappa shape index (κ2) is 4.91. The number of allylic oxidation sites excluding steroid dienone is 1. The number of aliphatic hydroxyl groups excluding tert-OH is 2. The van der Waals surface area contributed by atoms with Crippen LogP contribution < -0.4 is 0 Å². The van der Waals surface area contributed by atoms with Gasteiger partial charge in [-0.15, -0.1) is 0 Å². The molecule has 82 valence electrons. The second-order valence-electron chi connectivity index (χ2n) is 3.53. The van der Waals surface area contributed by atoms with Crippen molar-refractivity contribution < 1.29 is 15.3 Å². The molecule has 1 aromatic heterocycles. The van der Waals surface area contributed by atoms with Crippen LogP contribution in [0.4, 0.5) is 0 Å². The Labute approximate surface area is 88.5 Å². The van der Waals surface area contributed by atoms with E-state index in [0.717, 1.165) is 5.57 Å². The van der Waals surface area contributed by atoms with Crippen LogP contribution in [-0.4, -0.2) is 20.3 Å². The highest BCUT2D eigenvalue weighted by Gasteiger charge is 2.11. The topological polar surface area (TPSA) is 73.6 Å². The van der Waals surface area contributed by atoms with Gasteiger partial charge in [-0.1, -0.05) is 5.57 Å². The molecule has 0 spiro atoms. The van der Waals surface area contributed by atoms with Gasteiger partial charge in [0.25, 0.3) is 0 Å². The number of aliphatic hydroxyl groups is 2. The van der Waals surface area contributed by atoms with Gasteiger partial charge in [-0.3, -0.25) is 4.98 Å². The molecule has 4 heteroatoms. The molecule has 0 aliphatic rings. The van der Waals surface area contributed by atoms with Gasteiger partial charge in [-0.25, -0.2) is 0 Å². The summed E-state index contributed by atoms with van der Waals surface area (Å²) in [6, 6.07) is 0. The molecule has 0 atom stereocenters. The third kappa shape index (κ3) is 2.55. The fourth-order valence-corrected chi connectivity index (χ4v) is 1.28. The highest BCUT2D eigenvalue weighted by Crippen LogP contribution is 2.25. The SMILES string of the molecule is CC(C)=Cc1ncc(CO)c(CO)c1O. The lowest BCUT2D eigenvalue weighted by Gasteiger charge is -2.09. The van der Waals surface area contributed by atoms with Crippen LogP contribution >= 0.6 is 0 Å². The molecule has 0 saturated heterocycles. The molecule has 1 rings (SSSR count). The van der Waals surface area contributed by atoms with Crippen molar-refractivity contribution in [3.05, 3.63) is 28.6 Å². The Kier molecular flexibility index (Phi) is 3.82. The smallest absolute Gasteiger partial charge is 0.147 e. The van der Waals surface area contributed by atoms with Gasteiger partial charge < -0.3 is 15.3 Å². The minimum atomic E-state index is -0.312. The fraction of sp³-hybridized carbons (Fsp3) is 0.364. The van der Waals surface area contributed by atoms with E-state index in [1.807, 2.05) is 13.8 Å². The number of hydrogen-bond donors (Lipinski definition) is 3. The van der Waals surface area contributed by atoms with Crippen molar-refractivity contribution in [3.8, 4) is 5.75 Å². The van der Waals surface area contributed by atoms with E-state index in [1.165, 1.54) is 6.20 Å². The van der Waals surface area contributed by atoms with Gasteiger partial charge >= 0.3 is 0 Å². The van der Waals surface area contributed by atoms with Crippen LogP contribution in [0.5, 0.6) is 5.75 Å². The summed E-state index contributed by atoms with van der Waals surface area (Å²) in [5.41, 5.74) is 2.19. The lowest BCUT2D eigenvalue weighted by molar-refractivity contribution is 0.254. The van der Waals surface area contributed by atoms with Crippen LogP contribution in [0.15, 0.2) is 11.8 Å². The van der Waals surface area contributed by atoms with E-state index in [-0.39, 0.29) is 19.0 Å². The number of rotatable bonds is 3. The first kappa shape index (κ1) is 11.7. The Balaban J connectivity index is 3.29. The molecule has 0 amide bonds. The van der Waals surface area contributed by atoms with Crippen LogP contribution in [0.2, 0.25) is 0 Å². The molecule has 4 nitrogen and oxygen atoms in total. The first-order valence-corrected chi connectivity index (χ1v) is 4.66. The Morgan fingerprint density at radius 1 is 1.33 bits per heavy atom. The zero-order valence-electron chi connectivity index (χ0n) is 8.86. The van der Waals surface area contributed by atoms with Crippen LogP contribution in [0.3, 0.4) is 0 Å². The lowest BCUT2D eigenvalue weighted by atomic mass is 10.1. The molecule has 0 unspecified atom stereocenters. The molecule has 0 saturated carbocycles. The summed E-state index contributed by atoms with van der Waals surface area (Å²) >= 11 is 0. The minimum Gasteiger partial charge on any atom is -0.505 e. The summed E-state index contributed by atoms with van der Waals surface area (Å²) in [6.45, 7) is 3.22. The lowest BCUT2D eigenvalue weighted by Crippen LogP contribution is -1.98. The van der Waals surface area contributed by atoms with Gasteiger partial charge in [0.15, 0.2) is 0 Å². The quantitative estimate of drug-likeness (QED) is 0.699. The zero-order valence-corrected chi connectivity index (χ0v) is 8.86. The summed E-state index contributed by atoms with van der Waals surface area (Å²) in [7, 11) is 0. The average Bonchev–Trinajstić information content (AvgIpc) is 2.20. The van der Waals surface area contributed by atoms with Crippen molar-refractivity contribution in [2.24, 2.45) is 0 Å². The first-order valence-electron chi connectivity index (χ1n) is 4.66. The zero-order chi connectivity index (χ0) is 11.4. The molecule has 0 bridgehead atoms. The van der Waals surface area contributed by atoms with Crippen molar-refractivity contribution in [2.75, 3.05) is 0 Å². The summed E-state index contributed by atoms with van der Waals surface area (Å²) in [6.07, 6.45) is 3.18. The first-order chi connectivity index (χ1) is 7.10. The molecule has 0 aliphatic heterocycles. The number of aromatic nitrogens is 1. The molecule has 1 aromatic rings. The molecule has 1 heterocycles. The van der Waals surface area contributed by atoms with E-state index >= 15 is 0 Å². The predicted molar refractivity (Wildman–Crippen MR) is 57.1 cm³/mol. The van der Waals surface area contributed by atoms with Crippen LogP contribution in [0.1, 0.15) is 30.7 Å². The van der Waals surface area contributed by atoms with E-state index in [9.17, 15) is 5.11 Å². The molecular weight excluding hydrogens is 194 g/mol. The minimum absolute atomic E-state index is 0.0646. The fourth-order valence-electron chi connectivity index (χ4n) is 1.28. The van der Waals surface area contributed by atoms with Gasteiger partial charge in [0.2, 0.25) is 0 Å². The Morgan fingerprint density at radius 2 is 2.00 bits per heavy atom. The summed E-state index contributed by atoms with van der Waals surface area (Å²) in [5, 5.41) is 27.8. The van der Waals surface area contributed by atoms with Crippen molar-refractivity contribution in [1.82, 2.24) is 4.98 Å². The van der Waals surface area contributed by atoms with Crippen molar-refractivity contribution in [2.45, 2.75) is 27.1 Å². The normalized spacial score (nSPS) is 10.1. The van der Waals surface area contributed by atoms with Gasteiger partial charge in [0.05, 0.1) is 13.2 Å². The van der Waals surface area contributed by atoms with Gasteiger partial charge in [0, 0.05) is 17.3 Å². The number of aromatic hydroxyl groups is 1. The number of nitrogens with zero attached hydrogens (tertiary/aromatic N) is 1. The summed E-state index contributed by atoms with van der Waals surface area (Å²) in [5.74, 6) is -0.0646. The summed E-state index contributed by atoms with van der Waals surface area (Å²) < 4.78 is 0. The molecule has 15 heavy (non-hydrogen) atoms. The molecule has 0 fully saturated rings. The van der Waals surface area contributed by atoms with E-state index in [1.54, 1.807) is 6.08 Å². The molecular formula is C11H15NO3. The van der Waals surface area contributed by atoms with E-state index in [0.29, 0.717) is 16.8 Å². The predicted octanol–water partition coefficient (Wildman–Crippen LogP) is 1.19. The van der Waals surface area contributed by atoms with Crippen LogP contribution in [0, 0.1) is 0 Å². The largest absolute Gasteiger partial charge is 0.505 e. The Hall–Kier alpha value is -1.39. The maximum atomic E-state index is 9.77. The van der Waals surface area contributed by atoms with E-state index < -0.39 is 0 Å². The highest BCUT2D eigenvalue weighted by atomic mass is 16.3.